The van der Waals surface area contributed by atoms with Crippen molar-refractivity contribution in [3.63, 3.8) is 0 Å². The number of aromatic nitrogens is 3. The predicted octanol–water partition coefficient (Wildman–Crippen LogP) is 1.65. The quantitative estimate of drug-likeness (QED) is 0.812. The van der Waals surface area contributed by atoms with Crippen molar-refractivity contribution in [2.75, 3.05) is 11.9 Å². The average Bonchev–Trinajstić information content (AvgIpc) is 2.98. The van der Waals surface area contributed by atoms with Crippen LogP contribution in [0.15, 0.2) is 36.9 Å². The van der Waals surface area contributed by atoms with E-state index in [2.05, 4.69) is 34.6 Å². The van der Waals surface area contributed by atoms with Gasteiger partial charge in [0.25, 0.3) is 0 Å². The number of anilines is 1. The van der Waals surface area contributed by atoms with Crippen LogP contribution in [0.5, 0.6) is 0 Å². The average molecular weight is 287 g/mol. The van der Waals surface area contributed by atoms with Gasteiger partial charge in [0, 0.05) is 11.7 Å². The third-order valence-electron chi connectivity index (χ3n) is 3.25. The zero-order valence-electron chi connectivity index (χ0n) is 12.4. The fraction of sp³-hybridized carbons (Fsp3) is 0.400. The Hall–Kier alpha value is -2.21. The lowest BCUT2D eigenvalue weighted by Crippen LogP contribution is -2.33. The lowest BCUT2D eigenvalue weighted by atomic mass is 10.2. The van der Waals surface area contributed by atoms with Crippen molar-refractivity contribution in [1.82, 2.24) is 20.1 Å². The van der Waals surface area contributed by atoms with Crippen LogP contribution in [0.3, 0.4) is 0 Å². The summed E-state index contributed by atoms with van der Waals surface area (Å²) in [5, 5.41) is 10.1. The van der Waals surface area contributed by atoms with Crippen molar-refractivity contribution in [1.29, 1.82) is 0 Å². The Labute approximate surface area is 124 Å². The number of benzene rings is 1. The van der Waals surface area contributed by atoms with Crippen molar-refractivity contribution < 1.29 is 4.79 Å². The zero-order valence-corrected chi connectivity index (χ0v) is 12.4. The van der Waals surface area contributed by atoms with E-state index in [1.165, 1.54) is 6.33 Å². The lowest BCUT2D eigenvalue weighted by Gasteiger charge is -2.12. The van der Waals surface area contributed by atoms with Crippen LogP contribution in [0.1, 0.15) is 25.8 Å². The first-order valence-electron chi connectivity index (χ1n) is 7.12. The third-order valence-corrected chi connectivity index (χ3v) is 3.25. The van der Waals surface area contributed by atoms with E-state index in [1.807, 2.05) is 24.3 Å². The van der Waals surface area contributed by atoms with Crippen LogP contribution in [-0.4, -0.2) is 33.3 Å². The van der Waals surface area contributed by atoms with Crippen LogP contribution in [-0.2, 0) is 11.3 Å². The van der Waals surface area contributed by atoms with E-state index in [0.29, 0.717) is 19.1 Å². The molecule has 112 valence electrons. The van der Waals surface area contributed by atoms with Gasteiger partial charge in [-0.2, -0.15) is 5.10 Å². The minimum absolute atomic E-state index is 0.0341. The van der Waals surface area contributed by atoms with Crippen molar-refractivity contribution >= 4 is 11.6 Å². The molecule has 2 aromatic rings. The summed E-state index contributed by atoms with van der Waals surface area (Å²) in [5.74, 6) is -0.0341. The SMILES string of the molecule is CCC(C)NCC(=O)Nc1cccc(Cn2cncn2)c1. The molecule has 2 rings (SSSR count). The maximum atomic E-state index is 11.9. The molecule has 0 saturated carbocycles. The fourth-order valence-corrected chi connectivity index (χ4v) is 1.87. The fourth-order valence-electron chi connectivity index (χ4n) is 1.87. The van der Waals surface area contributed by atoms with E-state index < -0.39 is 0 Å². The number of nitrogens with one attached hydrogen (secondary N) is 2. The summed E-state index contributed by atoms with van der Waals surface area (Å²) >= 11 is 0. The Morgan fingerprint density at radius 1 is 1.43 bits per heavy atom. The van der Waals surface area contributed by atoms with Crippen molar-refractivity contribution in [3.05, 3.63) is 42.5 Å². The number of nitrogens with zero attached hydrogens (tertiary/aromatic N) is 3. The summed E-state index contributed by atoms with van der Waals surface area (Å²) < 4.78 is 1.74. The number of amides is 1. The monoisotopic (exact) mass is 287 g/mol. The molecule has 0 bridgehead atoms. The van der Waals surface area contributed by atoms with Gasteiger partial charge in [-0.1, -0.05) is 19.1 Å². The maximum Gasteiger partial charge on any atom is 0.238 e. The molecule has 1 unspecified atom stereocenters. The molecule has 0 aliphatic rings. The second kappa shape index (κ2) is 7.54. The van der Waals surface area contributed by atoms with Crippen molar-refractivity contribution in [2.45, 2.75) is 32.9 Å². The summed E-state index contributed by atoms with van der Waals surface area (Å²) in [6, 6.07) is 8.09. The lowest BCUT2D eigenvalue weighted by molar-refractivity contribution is -0.115. The molecule has 1 aromatic carbocycles. The van der Waals surface area contributed by atoms with Gasteiger partial charge >= 0.3 is 0 Å². The van der Waals surface area contributed by atoms with Gasteiger partial charge in [0.2, 0.25) is 5.91 Å². The smallest absolute Gasteiger partial charge is 0.238 e. The number of rotatable bonds is 7. The minimum atomic E-state index is -0.0341. The predicted molar refractivity (Wildman–Crippen MR) is 82.0 cm³/mol. The summed E-state index contributed by atoms with van der Waals surface area (Å²) in [4.78, 5) is 15.8. The Bertz CT molecular complexity index is 567. The van der Waals surface area contributed by atoms with Crippen LogP contribution in [0.25, 0.3) is 0 Å². The molecule has 0 fully saturated rings. The molecule has 1 atom stereocenters. The normalized spacial score (nSPS) is 12.1. The molecular weight excluding hydrogens is 266 g/mol. The van der Waals surface area contributed by atoms with E-state index in [0.717, 1.165) is 17.7 Å². The Morgan fingerprint density at radius 3 is 3.00 bits per heavy atom. The molecule has 0 aliphatic heterocycles. The van der Waals surface area contributed by atoms with Crippen LogP contribution in [0.4, 0.5) is 5.69 Å². The highest BCUT2D eigenvalue weighted by atomic mass is 16.1. The van der Waals surface area contributed by atoms with Gasteiger partial charge < -0.3 is 10.6 Å². The van der Waals surface area contributed by atoms with Crippen molar-refractivity contribution in [3.8, 4) is 0 Å². The summed E-state index contributed by atoms with van der Waals surface area (Å²) in [6.45, 7) is 5.10. The Balaban J connectivity index is 1.90. The van der Waals surface area contributed by atoms with Crippen LogP contribution in [0.2, 0.25) is 0 Å². The van der Waals surface area contributed by atoms with Gasteiger partial charge in [0.05, 0.1) is 13.1 Å². The molecule has 6 nitrogen and oxygen atoms in total. The maximum absolute atomic E-state index is 11.9. The first-order valence-corrected chi connectivity index (χ1v) is 7.12. The molecule has 1 heterocycles. The topological polar surface area (TPSA) is 71.8 Å². The third kappa shape index (κ3) is 5.00. The van der Waals surface area contributed by atoms with Crippen LogP contribution < -0.4 is 10.6 Å². The van der Waals surface area contributed by atoms with E-state index in [-0.39, 0.29) is 5.91 Å². The Kier molecular flexibility index (Phi) is 5.45. The van der Waals surface area contributed by atoms with E-state index in [9.17, 15) is 4.79 Å². The van der Waals surface area contributed by atoms with Gasteiger partial charge in [0.15, 0.2) is 0 Å². The molecule has 0 saturated heterocycles. The highest BCUT2D eigenvalue weighted by Crippen LogP contribution is 2.11. The van der Waals surface area contributed by atoms with Gasteiger partial charge in [-0.3, -0.25) is 4.79 Å². The molecule has 1 aromatic heterocycles. The second-order valence-corrected chi connectivity index (χ2v) is 5.03. The van der Waals surface area contributed by atoms with Gasteiger partial charge in [-0.05, 0) is 31.0 Å². The van der Waals surface area contributed by atoms with Gasteiger partial charge in [-0.25, -0.2) is 9.67 Å². The molecule has 0 spiro atoms. The molecular formula is C15H21N5O. The molecule has 0 aliphatic carbocycles. The standard InChI is InChI=1S/C15H21N5O/c1-3-12(2)17-8-15(21)19-14-6-4-5-13(7-14)9-20-11-16-10-18-20/h4-7,10-12,17H,3,8-9H2,1-2H3,(H,19,21). The second-order valence-electron chi connectivity index (χ2n) is 5.03. The zero-order chi connectivity index (χ0) is 15.1. The first kappa shape index (κ1) is 15.2. The summed E-state index contributed by atoms with van der Waals surface area (Å²) in [7, 11) is 0. The molecule has 1 amide bonds. The van der Waals surface area contributed by atoms with Crippen molar-refractivity contribution in [2.24, 2.45) is 0 Å². The van der Waals surface area contributed by atoms with Gasteiger partial charge in [-0.15, -0.1) is 0 Å². The molecule has 2 N–H and O–H groups in total. The number of hydrogen-bond acceptors (Lipinski definition) is 4. The number of carbonyl (C=O) groups excluding carboxylic acids is 1. The number of hydrogen-bond donors (Lipinski definition) is 2. The summed E-state index contributed by atoms with van der Waals surface area (Å²) in [5.41, 5.74) is 1.86. The van der Waals surface area contributed by atoms with Crippen LogP contribution >= 0.6 is 0 Å². The van der Waals surface area contributed by atoms with Crippen LogP contribution in [0, 0.1) is 0 Å². The number of carbonyl (C=O) groups is 1. The summed E-state index contributed by atoms with van der Waals surface area (Å²) in [6.07, 6.45) is 4.17. The van der Waals surface area contributed by atoms with E-state index >= 15 is 0 Å². The Morgan fingerprint density at radius 2 is 2.29 bits per heavy atom. The molecule has 6 heteroatoms. The first-order chi connectivity index (χ1) is 10.2. The minimum Gasteiger partial charge on any atom is -0.325 e. The molecule has 0 radical (unpaired) electrons. The largest absolute Gasteiger partial charge is 0.325 e. The van der Waals surface area contributed by atoms with E-state index in [1.54, 1.807) is 11.0 Å². The molecule has 21 heavy (non-hydrogen) atoms. The highest BCUT2D eigenvalue weighted by Gasteiger charge is 2.05. The van der Waals surface area contributed by atoms with Gasteiger partial charge in [0.1, 0.15) is 12.7 Å². The highest BCUT2D eigenvalue weighted by molar-refractivity contribution is 5.92. The van der Waals surface area contributed by atoms with E-state index in [4.69, 9.17) is 0 Å².